The molecule has 3 saturated carbocycles. The number of hydrogen-bond acceptors (Lipinski definition) is 3. The maximum atomic E-state index is 12.1. The number of nitrogens with two attached hydrogens (primary N) is 1. The summed E-state index contributed by atoms with van der Waals surface area (Å²) in [6, 6.07) is 0. The van der Waals surface area contributed by atoms with E-state index < -0.39 is 0 Å². The zero-order valence-corrected chi connectivity index (χ0v) is 8.98. The number of hydrogen-bond donors (Lipinski definition) is 1. The Morgan fingerprint density at radius 2 is 1.73 bits per heavy atom. The van der Waals surface area contributed by atoms with Gasteiger partial charge in [0.2, 0.25) is 0 Å². The van der Waals surface area contributed by atoms with Gasteiger partial charge in [-0.25, -0.2) is 0 Å². The van der Waals surface area contributed by atoms with E-state index in [1.165, 1.54) is 25.7 Å². The van der Waals surface area contributed by atoms with E-state index in [1.807, 2.05) is 0 Å². The number of hydrazone groups is 1. The maximum absolute atomic E-state index is 12.1. The molecule has 0 aromatic rings. The van der Waals surface area contributed by atoms with E-state index in [2.05, 4.69) is 5.10 Å². The van der Waals surface area contributed by atoms with Crippen LogP contribution in [-0.4, -0.2) is 11.5 Å². The maximum Gasteiger partial charge on any atom is 0.182 e. The SMILES string of the molecule is N/N=C1/C(=O)C2CCCC3CCCC1C32. The lowest BCUT2D eigenvalue weighted by Gasteiger charge is -2.39. The molecule has 0 aliphatic heterocycles. The number of carbonyl (C=O) groups excluding carboxylic acids is 1. The molecule has 0 bridgehead atoms. The summed E-state index contributed by atoms with van der Waals surface area (Å²) in [4.78, 5) is 12.1. The van der Waals surface area contributed by atoms with Crippen LogP contribution in [0.2, 0.25) is 0 Å². The van der Waals surface area contributed by atoms with Crippen LogP contribution in [0.1, 0.15) is 38.5 Å². The number of ketones is 1. The van der Waals surface area contributed by atoms with Gasteiger partial charge in [0.15, 0.2) is 5.78 Å². The zero-order valence-electron chi connectivity index (χ0n) is 8.98. The third kappa shape index (κ3) is 1.18. The first-order chi connectivity index (χ1) is 7.33. The quantitative estimate of drug-likeness (QED) is 0.484. The molecule has 0 radical (unpaired) electrons. The molecule has 3 aliphatic rings. The average molecular weight is 206 g/mol. The second-order valence-corrected chi connectivity index (χ2v) is 5.29. The van der Waals surface area contributed by atoms with Crippen molar-refractivity contribution >= 4 is 11.5 Å². The van der Waals surface area contributed by atoms with Crippen molar-refractivity contribution in [2.75, 3.05) is 0 Å². The van der Waals surface area contributed by atoms with Gasteiger partial charge in [-0.2, -0.15) is 5.10 Å². The van der Waals surface area contributed by atoms with Crippen LogP contribution in [0.15, 0.2) is 5.10 Å². The standard InChI is InChI=1S/C12H18N2O/c13-14-11-8-5-1-3-7-4-2-6-9(10(7)8)12(11)15/h7-10H,1-6,13H2/b14-11+. The van der Waals surface area contributed by atoms with Gasteiger partial charge in [-0.05, 0) is 24.7 Å². The minimum absolute atomic E-state index is 0.274. The highest BCUT2D eigenvalue weighted by molar-refractivity contribution is 6.43. The number of nitrogens with zero attached hydrogens (tertiary/aromatic N) is 1. The Balaban J connectivity index is 2.00. The molecule has 15 heavy (non-hydrogen) atoms. The third-order valence-electron chi connectivity index (χ3n) is 4.73. The Morgan fingerprint density at radius 1 is 1.07 bits per heavy atom. The van der Waals surface area contributed by atoms with E-state index in [0.717, 1.165) is 24.5 Å². The number of Topliss-reactive ketones (excluding diaryl/α,β-unsaturated/α-hetero) is 1. The largest absolute Gasteiger partial charge is 0.323 e. The van der Waals surface area contributed by atoms with Crippen molar-refractivity contribution in [2.45, 2.75) is 38.5 Å². The van der Waals surface area contributed by atoms with Gasteiger partial charge in [-0.15, -0.1) is 0 Å². The molecule has 3 aliphatic carbocycles. The van der Waals surface area contributed by atoms with Crippen molar-refractivity contribution < 1.29 is 4.79 Å². The molecule has 0 heterocycles. The van der Waals surface area contributed by atoms with E-state index in [9.17, 15) is 4.79 Å². The fourth-order valence-corrected chi connectivity index (χ4v) is 4.21. The van der Waals surface area contributed by atoms with Crippen molar-refractivity contribution in [3.05, 3.63) is 0 Å². The van der Waals surface area contributed by atoms with Crippen LogP contribution in [0.5, 0.6) is 0 Å². The number of carbonyl (C=O) groups is 1. The molecule has 4 unspecified atom stereocenters. The summed E-state index contributed by atoms with van der Waals surface area (Å²) in [6.07, 6.45) is 7.34. The lowest BCUT2D eigenvalue weighted by molar-refractivity contribution is -0.118. The molecule has 3 fully saturated rings. The van der Waals surface area contributed by atoms with Crippen molar-refractivity contribution in [2.24, 2.45) is 34.6 Å². The van der Waals surface area contributed by atoms with Crippen molar-refractivity contribution in [3.63, 3.8) is 0 Å². The fraction of sp³-hybridized carbons (Fsp3) is 0.833. The van der Waals surface area contributed by atoms with Crippen molar-refractivity contribution in [1.82, 2.24) is 0 Å². The van der Waals surface area contributed by atoms with Crippen molar-refractivity contribution in [3.8, 4) is 0 Å². The summed E-state index contributed by atoms with van der Waals surface area (Å²) >= 11 is 0. The predicted molar refractivity (Wildman–Crippen MR) is 58.3 cm³/mol. The highest BCUT2D eigenvalue weighted by atomic mass is 16.1. The zero-order chi connectivity index (χ0) is 10.4. The normalized spacial score (nSPS) is 46.9. The molecular formula is C12H18N2O. The minimum Gasteiger partial charge on any atom is -0.323 e. The smallest absolute Gasteiger partial charge is 0.182 e. The lowest BCUT2D eigenvalue weighted by Crippen LogP contribution is -2.33. The monoisotopic (exact) mass is 206 g/mol. The average Bonchev–Trinajstić information content (AvgIpc) is 2.55. The summed E-state index contributed by atoms with van der Waals surface area (Å²) in [5.74, 6) is 7.72. The van der Waals surface area contributed by atoms with Crippen molar-refractivity contribution in [1.29, 1.82) is 0 Å². The lowest BCUT2D eigenvalue weighted by atomic mass is 9.65. The van der Waals surface area contributed by atoms with E-state index >= 15 is 0 Å². The van der Waals surface area contributed by atoms with Crippen LogP contribution in [0.4, 0.5) is 0 Å². The first-order valence-electron chi connectivity index (χ1n) is 6.15. The van der Waals surface area contributed by atoms with Gasteiger partial charge in [0.1, 0.15) is 5.71 Å². The van der Waals surface area contributed by atoms with Gasteiger partial charge >= 0.3 is 0 Å². The Labute approximate surface area is 90.1 Å². The van der Waals surface area contributed by atoms with Crippen LogP contribution in [-0.2, 0) is 4.79 Å². The minimum atomic E-state index is 0.274. The molecule has 0 aromatic carbocycles. The Hall–Kier alpha value is -0.860. The second-order valence-electron chi connectivity index (χ2n) is 5.29. The molecule has 0 amide bonds. The second kappa shape index (κ2) is 3.32. The van der Waals surface area contributed by atoms with E-state index in [0.29, 0.717) is 11.8 Å². The predicted octanol–water partition coefficient (Wildman–Crippen LogP) is 1.72. The van der Waals surface area contributed by atoms with Crippen LogP contribution in [0, 0.1) is 23.7 Å². The Kier molecular flexibility index (Phi) is 2.08. The molecule has 3 rings (SSSR count). The Morgan fingerprint density at radius 3 is 2.40 bits per heavy atom. The van der Waals surface area contributed by atoms with Gasteiger partial charge in [0, 0.05) is 11.8 Å². The highest BCUT2D eigenvalue weighted by Crippen LogP contribution is 2.51. The summed E-state index contributed by atoms with van der Waals surface area (Å²) in [5, 5.41) is 3.78. The molecule has 3 nitrogen and oxygen atoms in total. The van der Waals surface area contributed by atoms with Crippen LogP contribution in [0.3, 0.4) is 0 Å². The summed E-state index contributed by atoms with van der Waals surface area (Å²) in [5.41, 5.74) is 0.719. The summed E-state index contributed by atoms with van der Waals surface area (Å²) in [6.45, 7) is 0. The van der Waals surface area contributed by atoms with Crippen LogP contribution >= 0.6 is 0 Å². The topological polar surface area (TPSA) is 55.4 Å². The molecule has 0 spiro atoms. The Bertz CT molecular complexity index is 322. The molecule has 3 heteroatoms. The molecule has 4 atom stereocenters. The van der Waals surface area contributed by atoms with Gasteiger partial charge in [0.25, 0.3) is 0 Å². The molecule has 0 saturated heterocycles. The van der Waals surface area contributed by atoms with Gasteiger partial charge in [0.05, 0.1) is 0 Å². The first kappa shape index (κ1) is 9.37. The summed E-state index contributed by atoms with van der Waals surface area (Å²) < 4.78 is 0. The van der Waals surface area contributed by atoms with Gasteiger partial charge in [-0.3, -0.25) is 4.79 Å². The summed E-state index contributed by atoms with van der Waals surface area (Å²) in [7, 11) is 0. The molecule has 82 valence electrons. The van der Waals surface area contributed by atoms with Gasteiger partial charge < -0.3 is 5.84 Å². The third-order valence-corrected chi connectivity index (χ3v) is 4.73. The van der Waals surface area contributed by atoms with E-state index in [1.54, 1.807) is 0 Å². The molecule has 0 aromatic heterocycles. The highest BCUT2D eigenvalue weighted by Gasteiger charge is 2.52. The number of rotatable bonds is 0. The van der Waals surface area contributed by atoms with E-state index in [-0.39, 0.29) is 11.7 Å². The van der Waals surface area contributed by atoms with Gasteiger partial charge in [-0.1, -0.05) is 25.7 Å². The van der Waals surface area contributed by atoms with Crippen LogP contribution < -0.4 is 5.84 Å². The van der Waals surface area contributed by atoms with E-state index in [4.69, 9.17) is 5.84 Å². The first-order valence-corrected chi connectivity index (χ1v) is 6.15. The molecular weight excluding hydrogens is 188 g/mol. The van der Waals surface area contributed by atoms with Crippen LogP contribution in [0.25, 0.3) is 0 Å². The molecule has 2 N–H and O–H groups in total. The fourth-order valence-electron chi connectivity index (χ4n) is 4.21.